The van der Waals surface area contributed by atoms with Crippen LogP contribution in [0.25, 0.3) is 16.6 Å². The van der Waals surface area contributed by atoms with Gasteiger partial charge in [0.25, 0.3) is 0 Å². The van der Waals surface area contributed by atoms with E-state index in [1.165, 1.54) is 5.56 Å². The number of phenols is 1. The molecular formula is C21H20N4O. The molecule has 5 nitrogen and oxygen atoms in total. The molecule has 4 aromatic rings. The molecule has 130 valence electrons. The number of phenolic OH excluding ortho intramolecular Hbond substituents is 1. The van der Waals surface area contributed by atoms with E-state index in [4.69, 9.17) is 0 Å². The van der Waals surface area contributed by atoms with Crippen molar-refractivity contribution >= 4 is 10.9 Å². The van der Waals surface area contributed by atoms with Gasteiger partial charge >= 0.3 is 0 Å². The highest BCUT2D eigenvalue weighted by atomic mass is 16.3. The maximum Gasteiger partial charge on any atom is 0.117 e. The highest BCUT2D eigenvalue weighted by Gasteiger charge is 2.06. The van der Waals surface area contributed by atoms with Gasteiger partial charge < -0.3 is 5.11 Å². The normalized spacial score (nSPS) is 11.3. The summed E-state index contributed by atoms with van der Waals surface area (Å²) in [6.45, 7) is 1.64. The summed E-state index contributed by atoms with van der Waals surface area (Å²) in [4.78, 5) is 6.71. The van der Waals surface area contributed by atoms with Gasteiger partial charge in [-0.3, -0.25) is 9.88 Å². The van der Waals surface area contributed by atoms with E-state index < -0.39 is 0 Å². The van der Waals surface area contributed by atoms with Crippen molar-refractivity contribution in [1.82, 2.24) is 19.7 Å². The molecule has 4 rings (SSSR count). The second-order valence-corrected chi connectivity index (χ2v) is 6.51. The summed E-state index contributed by atoms with van der Waals surface area (Å²) in [7, 11) is 2.10. The van der Waals surface area contributed by atoms with Crippen LogP contribution in [0.1, 0.15) is 11.1 Å². The molecule has 0 atom stereocenters. The Hall–Kier alpha value is -3.18. The molecule has 0 saturated heterocycles. The van der Waals surface area contributed by atoms with Gasteiger partial charge in [0.05, 0.1) is 11.2 Å². The van der Waals surface area contributed by atoms with Gasteiger partial charge in [0.1, 0.15) is 5.75 Å². The van der Waals surface area contributed by atoms with Crippen LogP contribution in [0.3, 0.4) is 0 Å². The van der Waals surface area contributed by atoms with Gasteiger partial charge in [-0.1, -0.05) is 12.1 Å². The summed E-state index contributed by atoms with van der Waals surface area (Å²) in [5, 5.41) is 14.9. The predicted octanol–water partition coefficient (Wildman–Crippen LogP) is 3.76. The van der Waals surface area contributed by atoms with Crippen LogP contribution < -0.4 is 0 Å². The first-order chi connectivity index (χ1) is 12.7. The topological polar surface area (TPSA) is 54.2 Å². The number of hydrogen-bond acceptors (Lipinski definition) is 4. The maximum atomic E-state index is 9.55. The standard InChI is InChI=1S/C21H20N4O/c1-24(14-16-4-2-5-19(11-16)25-9-3-8-23-25)15-17-10-18-6-7-20(26)12-21(18)22-13-17/h2-13,26H,14-15H2,1H3. The first-order valence-electron chi connectivity index (χ1n) is 8.52. The average molecular weight is 344 g/mol. The lowest BCUT2D eigenvalue weighted by Crippen LogP contribution is -2.17. The summed E-state index contributed by atoms with van der Waals surface area (Å²) >= 11 is 0. The number of benzene rings is 2. The zero-order chi connectivity index (χ0) is 17.9. The second-order valence-electron chi connectivity index (χ2n) is 6.51. The van der Waals surface area contributed by atoms with Gasteiger partial charge in [-0.15, -0.1) is 0 Å². The molecule has 0 amide bonds. The van der Waals surface area contributed by atoms with E-state index in [-0.39, 0.29) is 5.75 Å². The Balaban J connectivity index is 1.48. The van der Waals surface area contributed by atoms with Crippen LogP contribution in [0.2, 0.25) is 0 Å². The Bertz CT molecular complexity index is 1030. The average Bonchev–Trinajstić information content (AvgIpc) is 3.17. The molecule has 1 N–H and O–H groups in total. The maximum absolute atomic E-state index is 9.55. The van der Waals surface area contributed by atoms with Gasteiger partial charge in [-0.25, -0.2) is 4.68 Å². The lowest BCUT2D eigenvalue weighted by Gasteiger charge is -2.17. The first kappa shape index (κ1) is 16.3. The summed E-state index contributed by atoms with van der Waals surface area (Å²) in [6, 6.07) is 17.7. The molecule has 0 aliphatic heterocycles. The molecule has 0 fully saturated rings. The van der Waals surface area contributed by atoms with E-state index in [0.29, 0.717) is 0 Å². The van der Waals surface area contributed by atoms with Crippen molar-refractivity contribution in [1.29, 1.82) is 0 Å². The van der Waals surface area contributed by atoms with E-state index in [9.17, 15) is 5.11 Å². The number of aromatic nitrogens is 3. The first-order valence-corrected chi connectivity index (χ1v) is 8.52. The highest BCUT2D eigenvalue weighted by Crippen LogP contribution is 2.20. The number of hydrogen-bond donors (Lipinski definition) is 1. The number of nitrogens with zero attached hydrogens (tertiary/aromatic N) is 4. The fraction of sp³-hybridized carbons (Fsp3) is 0.143. The third-order valence-electron chi connectivity index (χ3n) is 4.31. The van der Waals surface area contributed by atoms with Crippen LogP contribution in [-0.4, -0.2) is 31.8 Å². The summed E-state index contributed by atoms with van der Waals surface area (Å²) in [6.07, 6.45) is 5.60. The molecule has 0 aliphatic carbocycles. The van der Waals surface area contributed by atoms with E-state index in [2.05, 4.69) is 52.4 Å². The van der Waals surface area contributed by atoms with Crippen molar-refractivity contribution in [3.05, 3.63) is 84.3 Å². The van der Waals surface area contributed by atoms with Crippen molar-refractivity contribution < 1.29 is 5.11 Å². The minimum absolute atomic E-state index is 0.243. The zero-order valence-corrected chi connectivity index (χ0v) is 14.6. The second kappa shape index (κ2) is 6.98. The van der Waals surface area contributed by atoms with Gasteiger partial charge in [-0.05, 0) is 54.6 Å². The van der Waals surface area contributed by atoms with Gasteiger partial charge in [0.15, 0.2) is 0 Å². The van der Waals surface area contributed by atoms with Crippen LogP contribution in [0, 0.1) is 0 Å². The van der Waals surface area contributed by atoms with Crippen LogP contribution >= 0.6 is 0 Å². The van der Waals surface area contributed by atoms with Gasteiger partial charge in [-0.2, -0.15) is 5.10 Å². The van der Waals surface area contributed by atoms with E-state index >= 15 is 0 Å². The van der Waals surface area contributed by atoms with Crippen molar-refractivity contribution in [3.8, 4) is 11.4 Å². The molecule has 0 saturated carbocycles. The van der Waals surface area contributed by atoms with Crippen molar-refractivity contribution in [2.24, 2.45) is 0 Å². The highest BCUT2D eigenvalue weighted by molar-refractivity contribution is 5.80. The number of rotatable bonds is 5. The monoisotopic (exact) mass is 344 g/mol. The fourth-order valence-corrected chi connectivity index (χ4v) is 3.14. The van der Waals surface area contributed by atoms with Crippen molar-refractivity contribution in [3.63, 3.8) is 0 Å². The Morgan fingerprint density at radius 3 is 2.73 bits per heavy atom. The van der Waals surface area contributed by atoms with E-state index in [0.717, 1.165) is 35.2 Å². The Labute approximate surface area is 152 Å². The molecule has 0 bridgehead atoms. The fourth-order valence-electron chi connectivity index (χ4n) is 3.14. The molecule has 0 spiro atoms. The Kier molecular flexibility index (Phi) is 4.37. The Morgan fingerprint density at radius 2 is 1.88 bits per heavy atom. The minimum atomic E-state index is 0.243. The number of fused-ring (bicyclic) bond motifs is 1. The minimum Gasteiger partial charge on any atom is -0.508 e. The molecule has 5 heteroatoms. The lowest BCUT2D eigenvalue weighted by molar-refractivity contribution is 0.319. The van der Waals surface area contributed by atoms with Crippen LogP contribution in [-0.2, 0) is 13.1 Å². The van der Waals surface area contributed by atoms with Crippen LogP contribution in [0.4, 0.5) is 0 Å². The molecule has 0 unspecified atom stereocenters. The quantitative estimate of drug-likeness (QED) is 0.599. The summed E-state index contributed by atoms with van der Waals surface area (Å²) in [5.74, 6) is 0.243. The molecule has 0 aliphatic rings. The van der Waals surface area contributed by atoms with Gasteiger partial charge in [0, 0.05) is 43.1 Å². The Morgan fingerprint density at radius 1 is 1.00 bits per heavy atom. The SMILES string of the molecule is CN(Cc1cccc(-n2cccn2)c1)Cc1cnc2cc(O)ccc2c1. The third kappa shape index (κ3) is 3.58. The van der Waals surface area contributed by atoms with Crippen LogP contribution in [0.5, 0.6) is 5.75 Å². The van der Waals surface area contributed by atoms with E-state index in [1.807, 2.05) is 29.2 Å². The van der Waals surface area contributed by atoms with Crippen molar-refractivity contribution in [2.45, 2.75) is 13.1 Å². The summed E-state index contributed by atoms with van der Waals surface area (Å²) in [5.41, 5.74) is 4.25. The molecule has 26 heavy (non-hydrogen) atoms. The summed E-state index contributed by atoms with van der Waals surface area (Å²) < 4.78 is 1.87. The van der Waals surface area contributed by atoms with Crippen molar-refractivity contribution in [2.75, 3.05) is 7.05 Å². The smallest absolute Gasteiger partial charge is 0.117 e. The van der Waals surface area contributed by atoms with Gasteiger partial charge in [0.2, 0.25) is 0 Å². The molecule has 2 aromatic carbocycles. The predicted molar refractivity (Wildman–Crippen MR) is 102 cm³/mol. The van der Waals surface area contributed by atoms with E-state index in [1.54, 1.807) is 18.3 Å². The lowest BCUT2D eigenvalue weighted by atomic mass is 10.1. The number of pyridine rings is 1. The number of aromatic hydroxyl groups is 1. The molecular weight excluding hydrogens is 324 g/mol. The van der Waals surface area contributed by atoms with Crippen LogP contribution in [0.15, 0.2) is 73.2 Å². The third-order valence-corrected chi connectivity index (χ3v) is 4.31. The molecule has 2 aromatic heterocycles. The zero-order valence-electron chi connectivity index (χ0n) is 14.6. The largest absolute Gasteiger partial charge is 0.508 e. The molecule has 2 heterocycles. The molecule has 0 radical (unpaired) electrons.